The summed E-state index contributed by atoms with van der Waals surface area (Å²) in [5, 5.41) is 3.35. The summed E-state index contributed by atoms with van der Waals surface area (Å²) in [6.07, 6.45) is 3.49. The summed E-state index contributed by atoms with van der Waals surface area (Å²) < 4.78 is 13.6. The van der Waals surface area contributed by atoms with Crippen molar-refractivity contribution in [2.45, 2.75) is 11.0 Å². The Hall–Kier alpha value is -1.22. The first-order valence-corrected chi connectivity index (χ1v) is 8.96. The lowest BCUT2D eigenvalue weighted by Gasteiger charge is -2.41. The first-order chi connectivity index (χ1) is 10.7. The van der Waals surface area contributed by atoms with Crippen molar-refractivity contribution in [3.63, 3.8) is 0 Å². The number of nitrogens with two attached hydrogens (primary N) is 1. The van der Waals surface area contributed by atoms with Crippen molar-refractivity contribution in [2.24, 2.45) is 11.7 Å². The maximum absolute atomic E-state index is 13.6. The van der Waals surface area contributed by atoms with Gasteiger partial charge in [-0.15, -0.1) is 23.1 Å². The van der Waals surface area contributed by atoms with E-state index in [1.165, 1.54) is 17.4 Å². The number of thioether (sulfide) groups is 1. The van der Waals surface area contributed by atoms with Gasteiger partial charge in [-0.1, -0.05) is 0 Å². The van der Waals surface area contributed by atoms with Crippen molar-refractivity contribution >= 4 is 29.0 Å². The second-order valence-electron chi connectivity index (χ2n) is 5.60. The summed E-state index contributed by atoms with van der Waals surface area (Å²) in [7, 11) is 0. The van der Waals surface area contributed by atoms with Gasteiger partial charge in [-0.3, -0.25) is 5.32 Å². The maximum Gasteiger partial charge on any atom is 0.225 e. The third-order valence-corrected chi connectivity index (χ3v) is 6.43. The largest absolute Gasteiger partial charge is 0.338 e. The standard InChI is InChI=1S/C14H16FN5S2/c15-11-3-2-10(22-11)14-8-20(13-17-4-1-5-18-13)6-9(14)7-21-12(16)19-14/h1-5,9,12,19H,6-8,16H2. The number of thiophene rings is 1. The van der Waals surface area contributed by atoms with E-state index in [2.05, 4.69) is 20.2 Å². The van der Waals surface area contributed by atoms with Crippen molar-refractivity contribution in [2.75, 3.05) is 23.7 Å². The van der Waals surface area contributed by atoms with E-state index in [1.54, 1.807) is 30.2 Å². The SMILES string of the molecule is NC1NC2(c3ccc(F)s3)CN(c3ncccn3)CC2CS1. The van der Waals surface area contributed by atoms with Crippen LogP contribution in [0.5, 0.6) is 0 Å². The summed E-state index contributed by atoms with van der Waals surface area (Å²) in [5.41, 5.74) is 5.66. The summed E-state index contributed by atoms with van der Waals surface area (Å²) in [6.45, 7) is 1.55. The molecule has 0 spiro atoms. The summed E-state index contributed by atoms with van der Waals surface area (Å²) in [5.74, 6) is 2.00. The number of hydrogen-bond acceptors (Lipinski definition) is 7. The van der Waals surface area contributed by atoms with Gasteiger partial charge in [0.1, 0.15) is 5.50 Å². The number of fused-ring (bicyclic) bond motifs is 1. The van der Waals surface area contributed by atoms with Gasteiger partial charge in [-0.25, -0.2) is 9.97 Å². The molecule has 8 heteroatoms. The third kappa shape index (κ3) is 2.30. The summed E-state index contributed by atoms with van der Waals surface area (Å²) in [6, 6.07) is 5.21. The Kier molecular flexibility index (Phi) is 3.56. The van der Waals surface area contributed by atoms with Crippen LogP contribution in [0.2, 0.25) is 0 Å². The molecule has 0 aliphatic carbocycles. The van der Waals surface area contributed by atoms with E-state index < -0.39 is 0 Å². The topological polar surface area (TPSA) is 67.1 Å². The third-order valence-electron chi connectivity index (χ3n) is 4.30. The van der Waals surface area contributed by atoms with Crippen LogP contribution in [0.4, 0.5) is 10.3 Å². The lowest BCUT2D eigenvalue weighted by atomic mass is 9.86. The molecule has 4 rings (SSSR count). The predicted octanol–water partition coefficient (Wildman–Crippen LogP) is 1.59. The van der Waals surface area contributed by atoms with Crippen LogP contribution >= 0.6 is 23.1 Å². The van der Waals surface area contributed by atoms with Gasteiger partial charge in [0.25, 0.3) is 0 Å². The number of rotatable bonds is 2. The molecule has 2 aliphatic heterocycles. The fourth-order valence-corrected chi connectivity index (χ4v) is 5.38. The van der Waals surface area contributed by atoms with E-state index in [0.29, 0.717) is 18.4 Å². The second-order valence-corrected chi connectivity index (χ2v) is 7.81. The lowest BCUT2D eigenvalue weighted by Crippen LogP contribution is -2.58. The monoisotopic (exact) mass is 337 g/mol. The van der Waals surface area contributed by atoms with Crippen molar-refractivity contribution in [3.05, 3.63) is 40.6 Å². The van der Waals surface area contributed by atoms with Gasteiger partial charge in [0, 0.05) is 42.0 Å². The molecule has 0 bridgehead atoms. The minimum Gasteiger partial charge on any atom is -0.338 e. The Morgan fingerprint density at radius 1 is 1.36 bits per heavy atom. The number of aromatic nitrogens is 2. The molecule has 2 aromatic heterocycles. The minimum atomic E-state index is -0.321. The zero-order valence-corrected chi connectivity index (χ0v) is 13.4. The lowest BCUT2D eigenvalue weighted by molar-refractivity contribution is 0.280. The van der Waals surface area contributed by atoms with Gasteiger partial charge in [0.15, 0.2) is 5.13 Å². The molecule has 2 saturated heterocycles. The predicted molar refractivity (Wildman–Crippen MR) is 87.3 cm³/mol. The highest BCUT2D eigenvalue weighted by atomic mass is 32.2. The second kappa shape index (κ2) is 5.45. The molecular weight excluding hydrogens is 321 g/mol. The summed E-state index contributed by atoms with van der Waals surface area (Å²) in [4.78, 5) is 11.9. The highest BCUT2D eigenvalue weighted by molar-refractivity contribution is 7.99. The normalized spacial score (nSPS) is 31.3. The van der Waals surface area contributed by atoms with Crippen molar-refractivity contribution in [1.29, 1.82) is 0 Å². The number of anilines is 1. The van der Waals surface area contributed by atoms with Crippen LogP contribution in [0.15, 0.2) is 30.6 Å². The molecule has 3 N–H and O–H groups in total. The van der Waals surface area contributed by atoms with Gasteiger partial charge >= 0.3 is 0 Å². The summed E-state index contributed by atoms with van der Waals surface area (Å²) >= 11 is 2.90. The molecule has 0 amide bonds. The molecule has 22 heavy (non-hydrogen) atoms. The van der Waals surface area contributed by atoms with Crippen LogP contribution in [0.3, 0.4) is 0 Å². The molecule has 0 saturated carbocycles. The molecule has 3 unspecified atom stereocenters. The van der Waals surface area contributed by atoms with Crippen LogP contribution in [0.25, 0.3) is 0 Å². The van der Waals surface area contributed by atoms with E-state index >= 15 is 0 Å². The zero-order chi connectivity index (χ0) is 15.2. The number of nitrogens with zero attached hydrogens (tertiary/aromatic N) is 3. The number of hydrogen-bond donors (Lipinski definition) is 2. The average molecular weight is 337 g/mol. The molecular formula is C14H16FN5S2. The van der Waals surface area contributed by atoms with Crippen LogP contribution in [-0.4, -0.2) is 34.3 Å². The molecule has 2 aliphatic rings. The Bertz CT molecular complexity index is 666. The van der Waals surface area contributed by atoms with E-state index in [0.717, 1.165) is 17.2 Å². The van der Waals surface area contributed by atoms with E-state index in [-0.39, 0.29) is 16.2 Å². The molecule has 116 valence electrons. The first-order valence-electron chi connectivity index (χ1n) is 7.10. The zero-order valence-electron chi connectivity index (χ0n) is 11.8. The van der Waals surface area contributed by atoms with Gasteiger partial charge in [-0.05, 0) is 18.2 Å². The average Bonchev–Trinajstić information content (AvgIpc) is 3.12. The molecule has 5 nitrogen and oxygen atoms in total. The van der Waals surface area contributed by atoms with Crippen LogP contribution < -0.4 is 16.0 Å². The molecule has 0 aromatic carbocycles. The van der Waals surface area contributed by atoms with Crippen molar-refractivity contribution < 1.29 is 4.39 Å². The quantitative estimate of drug-likeness (QED) is 0.867. The van der Waals surface area contributed by atoms with Gasteiger partial charge in [0.2, 0.25) is 5.95 Å². The molecule has 2 fully saturated rings. The highest BCUT2D eigenvalue weighted by Crippen LogP contribution is 2.45. The van der Waals surface area contributed by atoms with Crippen LogP contribution in [-0.2, 0) is 5.54 Å². The van der Waals surface area contributed by atoms with E-state index in [9.17, 15) is 4.39 Å². The Labute approximate surface area is 136 Å². The van der Waals surface area contributed by atoms with Crippen LogP contribution in [0, 0.1) is 11.0 Å². The smallest absolute Gasteiger partial charge is 0.225 e. The van der Waals surface area contributed by atoms with Crippen LogP contribution in [0.1, 0.15) is 4.88 Å². The van der Waals surface area contributed by atoms with Gasteiger partial charge < -0.3 is 10.6 Å². The number of halogens is 1. The van der Waals surface area contributed by atoms with E-state index in [1.807, 2.05) is 6.07 Å². The van der Waals surface area contributed by atoms with Crippen molar-refractivity contribution in [3.8, 4) is 0 Å². The first kappa shape index (κ1) is 14.4. The minimum absolute atomic E-state index is 0.141. The molecule has 4 heterocycles. The van der Waals surface area contributed by atoms with Gasteiger partial charge in [-0.2, -0.15) is 4.39 Å². The fourth-order valence-electron chi connectivity index (χ4n) is 3.30. The molecule has 0 radical (unpaired) electrons. The van der Waals surface area contributed by atoms with E-state index in [4.69, 9.17) is 5.73 Å². The van der Waals surface area contributed by atoms with Gasteiger partial charge in [0.05, 0.1) is 5.54 Å². The Morgan fingerprint density at radius 2 is 2.18 bits per heavy atom. The fraction of sp³-hybridized carbons (Fsp3) is 0.429. The molecule has 2 aromatic rings. The molecule has 3 atom stereocenters. The highest BCUT2D eigenvalue weighted by Gasteiger charge is 2.52. The Morgan fingerprint density at radius 3 is 2.91 bits per heavy atom. The Balaban J connectivity index is 1.72. The number of nitrogens with one attached hydrogen (secondary N) is 1. The van der Waals surface area contributed by atoms with Crippen molar-refractivity contribution in [1.82, 2.24) is 15.3 Å². The maximum atomic E-state index is 13.6.